The minimum absolute atomic E-state index is 0.0509. The first-order valence-corrected chi connectivity index (χ1v) is 7.69. The van der Waals surface area contributed by atoms with Crippen molar-refractivity contribution in [1.29, 1.82) is 0 Å². The van der Waals surface area contributed by atoms with Gasteiger partial charge in [-0.3, -0.25) is 4.79 Å². The van der Waals surface area contributed by atoms with E-state index in [1.165, 1.54) is 11.8 Å². The van der Waals surface area contributed by atoms with Crippen molar-refractivity contribution >= 4 is 23.5 Å². The Labute approximate surface area is 128 Å². The number of hydrogen-bond donors (Lipinski definition) is 1. The lowest BCUT2D eigenvalue weighted by Crippen LogP contribution is -2.13. The highest BCUT2D eigenvalue weighted by atomic mass is 32.2. The molecule has 0 aliphatic heterocycles. The van der Waals surface area contributed by atoms with Gasteiger partial charge in [-0.2, -0.15) is 0 Å². The monoisotopic (exact) mass is 302 g/mol. The summed E-state index contributed by atoms with van der Waals surface area (Å²) in [6.07, 6.45) is 2.08. The van der Waals surface area contributed by atoms with Gasteiger partial charge in [0.1, 0.15) is 5.82 Å². The number of carbonyl (C=O) groups is 1. The number of aryl methyl sites for hydroxylation is 3. The lowest BCUT2D eigenvalue weighted by atomic mass is 10.3. The standard InChI is InChI=1S/C15H18N4OS/c1-10-4-6-16-13(8-10)19-14(20)5-7-21-15-17-11(2)9-12(3)18-15/h4,6,8-9H,5,7H2,1-3H3,(H,16,19,20). The van der Waals surface area contributed by atoms with Gasteiger partial charge in [0.15, 0.2) is 5.16 Å². The average molecular weight is 302 g/mol. The Kier molecular flexibility index (Phi) is 5.27. The van der Waals surface area contributed by atoms with Crippen molar-refractivity contribution < 1.29 is 4.79 Å². The van der Waals surface area contributed by atoms with Crippen molar-refractivity contribution in [1.82, 2.24) is 15.0 Å². The van der Waals surface area contributed by atoms with Crippen LogP contribution in [0.2, 0.25) is 0 Å². The molecule has 6 heteroatoms. The number of anilines is 1. The van der Waals surface area contributed by atoms with Gasteiger partial charge < -0.3 is 5.32 Å². The second-order valence-electron chi connectivity index (χ2n) is 4.80. The number of nitrogens with zero attached hydrogens (tertiary/aromatic N) is 3. The van der Waals surface area contributed by atoms with Gasteiger partial charge in [0.25, 0.3) is 0 Å². The summed E-state index contributed by atoms with van der Waals surface area (Å²) in [5.74, 6) is 1.18. The molecule has 2 aromatic rings. The third-order valence-corrected chi connectivity index (χ3v) is 3.55. The molecule has 0 aliphatic carbocycles. The molecule has 1 N–H and O–H groups in total. The fraction of sp³-hybridized carbons (Fsp3) is 0.333. The van der Waals surface area contributed by atoms with Gasteiger partial charge in [-0.25, -0.2) is 15.0 Å². The Morgan fingerprint density at radius 2 is 1.90 bits per heavy atom. The first-order chi connectivity index (χ1) is 10.0. The molecule has 0 unspecified atom stereocenters. The largest absolute Gasteiger partial charge is 0.311 e. The Morgan fingerprint density at radius 1 is 1.19 bits per heavy atom. The third kappa shape index (κ3) is 5.15. The van der Waals surface area contributed by atoms with Gasteiger partial charge in [0.2, 0.25) is 5.91 Å². The number of hydrogen-bond acceptors (Lipinski definition) is 5. The zero-order chi connectivity index (χ0) is 15.2. The highest BCUT2D eigenvalue weighted by Gasteiger charge is 2.06. The minimum Gasteiger partial charge on any atom is -0.311 e. The summed E-state index contributed by atoms with van der Waals surface area (Å²) in [5, 5.41) is 3.50. The first-order valence-electron chi connectivity index (χ1n) is 6.70. The Morgan fingerprint density at radius 3 is 2.57 bits per heavy atom. The molecular weight excluding hydrogens is 284 g/mol. The van der Waals surface area contributed by atoms with Gasteiger partial charge in [-0.15, -0.1) is 0 Å². The van der Waals surface area contributed by atoms with Crippen LogP contribution < -0.4 is 5.32 Å². The van der Waals surface area contributed by atoms with Crippen LogP contribution >= 0.6 is 11.8 Å². The molecule has 110 valence electrons. The molecule has 0 fully saturated rings. The van der Waals surface area contributed by atoms with Crippen molar-refractivity contribution in [3.05, 3.63) is 41.3 Å². The van der Waals surface area contributed by atoms with Gasteiger partial charge in [-0.05, 0) is 44.5 Å². The van der Waals surface area contributed by atoms with Crippen molar-refractivity contribution in [3.63, 3.8) is 0 Å². The molecular formula is C15H18N4OS. The van der Waals surface area contributed by atoms with Crippen LogP contribution in [0, 0.1) is 20.8 Å². The van der Waals surface area contributed by atoms with Crippen molar-refractivity contribution in [2.45, 2.75) is 32.3 Å². The molecule has 2 heterocycles. The van der Waals surface area contributed by atoms with Gasteiger partial charge in [-0.1, -0.05) is 11.8 Å². The fourth-order valence-corrected chi connectivity index (χ4v) is 2.69. The number of pyridine rings is 1. The van der Waals surface area contributed by atoms with Crippen molar-refractivity contribution in [2.75, 3.05) is 11.1 Å². The van der Waals surface area contributed by atoms with Crippen LogP contribution in [0.1, 0.15) is 23.4 Å². The summed E-state index contributed by atoms with van der Waals surface area (Å²) in [4.78, 5) is 24.6. The van der Waals surface area contributed by atoms with E-state index in [1.807, 2.05) is 39.0 Å². The zero-order valence-electron chi connectivity index (χ0n) is 12.4. The Bertz CT molecular complexity index is 625. The van der Waals surface area contributed by atoms with E-state index in [0.717, 1.165) is 17.0 Å². The Balaban J connectivity index is 1.81. The predicted octanol–water partition coefficient (Wildman–Crippen LogP) is 2.92. The SMILES string of the molecule is Cc1ccnc(NC(=O)CCSc2nc(C)cc(C)n2)c1. The van der Waals surface area contributed by atoms with E-state index in [-0.39, 0.29) is 5.91 Å². The molecule has 2 aromatic heterocycles. The van der Waals surface area contributed by atoms with E-state index in [0.29, 0.717) is 23.1 Å². The second-order valence-corrected chi connectivity index (χ2v) is 5.86. The minimum atomic E-state index is -0.0509. The topological polar surface area (TPSA) is 67.8 Å². The van der Waals surface area contributed by atoms with Crippen LogP contribution in [0.15, 0.2) is 29.6 Å². The molecule has 0 aliphatic rings. The average Bonchev–Trinajstić information content (AvgIpc) is 2.37. The summed E-state index contributed by atoms with van der Waals surface area (Å²) >= 11 is 1.49. The van der Waals surface area contributed by atoms with Crippen LogP contribution in [0.5, 0.6) is 0 Å². The maximum absolute atomic E-state index is 11.8. The molecule has 1 amide bonds. The molecule has 2 rings (SSSR count). The highest BCUT2D eigenvalue weighted by molar-refractivity contribution is 7.99. The Hall–Kier alpha value is -1.95. The van der Waals surface area contributed by atoms with E-state index >= 15 is 0 Å². The quantitative estimate of drug-likeness (QED) is 0.679. The number of rotatable bonds is 5. The maximum Gasteiger partial charge on any atom is 0.226 e. The number of thioether (sulfide) groups is 1. The van der Waals surface area contributed by atoms with Crippen LogP contribution in [0.4, 0.5) is 5.82 Å². The summed E-state index contributed by atoms with van der Waals surface area (Å²) in [5.41, 5.74) is 2.95. The van der Waals surface area contributed by atoms with E-state index in [1.54, 1.807) is 6.20 Å². The second kappa shape index (κ2) is 7.17. The van der Waals surface area contributed by atoms with Crippen molar-refractivity contribution in [2.24, 2.45) is 0 Å². The predicted molar refractivity (Wildman–Crippen MR) is 84.5 cm³/mol. The molecule has 0 saturated heterocycles. The van der Waals surface area contributed by atoms with Gasteiger partial charge in [0.05, 0.1) is 0 Å². The molecule has 0 aromatic carbocycles. The van der Waals surface area contributed by atoms with Crippen LogP contribution in [0.25, 0.3) is 0 Å². The summed E-state index contributed by atoms with van der Waals surface area (Å²) in [6, 6.07) is 5.67. The van der Waals surface area contributed by atoms with E-state index in [4.69, 9.17) is 0 Å². The highest BCUT2D eigenvalue weighted by Crippen LogP contribution is 2.15. The molecule has 0 atom stereocenters. The maximum atomic E-state index is 11.8. The van der Waals surface area contributed by atoms with Crippen LogP contribution in [-0.2, 0) is 4.79 Å². The zero-order valence-corrected chi connectivity index (χ0v) is 13.2. The summed E-state index contributed by atoms with van der Waals surface area (Å²) < 4.78 is 0. The van der Waals surface area contributed by atoms with Crippen LogP contribution in [-0.4, -0.2) is 26.6 Å². The number of nitrogens with one attached hydrogen (secondary N) is 1. The number of aromatic nitrogens is 3. The molecule has 21 heavy (non-hydrogen) atoms. The van der Waals surface area contributed by atoms with Gasteiger partial charge in [0, 0.05) is 29.8 Å². The normalized spacial score (nSPS) is 10.4. The number of amides is 1. The van der Waals surface area contributed by atoms with Crippen LogP contribution in [0.3, 0.4) is 0 Å². The van der Waals surface area contributed by atoms with Crippen molar-refractivity contribution in [3.8, 4) is 0 Å². The lowest BCUT2D eigenvalue weighted by Gasteiger charge is -2.05. The molecule has 0 bridgehead atoms. The number of carbonyl (C=O) groups excluding carboxylic acids is 1. The van der Waals surface area contributed by atoms with E-state index < -0.39 is 0 Å². The lowest BCUT2D eigenvalue weighted by molar-refractivity contribution is -0.115. The summed E-state index contributed by atoms with van der Waals surface area (Å²) in [7, 11) is 0. The molecule has 0 saturated carbocycles. The summed E-state index contributed by atoms with van der Waals surface area (Å²) in [6.45, 7) is 5.84. The fourth-order valence-electron chi connectivity index (χ4n) is 1.80. The van der Waals surface area contributed by atoms with Gasteiger partial charge >= 0.3 is 0 Å². The molecule has 0 spiro atoms. The molecule has 5 nitrogen and oxygen atoms in total. The first kappa shape index (κ1) is 15.4. The van der Waals surface area contributed by atoms with E-state index in [2.05, 4.69) is 20.3 Å². The smallest absolute Gasteiger partial charge is 0.226 e. The molecule has 0 radical (unpaired) electrons. The van der Waals surface area contributed by atoms with E-state index in [9.17, 15) is 4.79 Å². The third-order valence-electron chi connectivity index (χ3n) is 2.70.